The lowest BCUT2D eigenvalue weighted by atomic mass is 9.69. The summed E-state index contributed by atoms with van der Waals surface area (Å²) in [5, 5.41) is 5.94. The standard InChI is InChI=1S/C29H34F3N3O3/c1-4-33-25(14-19-13-23(31)24(32)15-22(19)30)29(3)16-20-11-12-21(17-29)35(20)27(36)26(34-28(37)38-5-2)18-9-7-6-8-10-18/h4,6-10,13,15,20-21,25-26,33H,1,5,11-12,14,16-17H2,2-3H3,(H,34,37)/t20-,21?,25?,26?,29?/m1/s1. The molecule has 2 bridgehead atoms. The number of nitrogens with zero attached hydrogens (tertiary/aromatic N) is 1. The molecule has 2 aliphatic rings. The Hall–Kier alpha value is -3.49. The van der Waals surface area contributed by atoms with Gasteiger partial charge in [0.2, 0.25) is 5.91 Å². The summed E-state index contributed by atoms with van der Waals surface area (Å²) in [5.41, 5.74) is 0.363. The molecular weight excluding hydrogens is 495 g/mol. The molecular formula is C29H34F3N3O3. The zero-order valence-corrected chi connectivity index (χ0v) is 21.7. The fourth-order valence-electron chi connectivity index (χ4n) is 6.13. The third kappa shape index (κ3) is 5.66. The summed E-state index contributed by atoms with van der Waals surface area (Å²) in [5.74, 6) is -3.31. The normalized spacial score (nSPS) is 23.9. The molecule has 2 saturated heterocycles. The topological polar surface area (TPSA) is 70.7 Å². The minimum Gasteiger partial charge on any atom is -0.450 e. The monoisotopic (exact) mass is 529 g/mol. The van der Waals surface area contributed by atoms with E-state index in [1.807, 2.05) is 23.1 Å². The molecule has 4 unspecified atom stereocenters. The summed E-state index contributed by atoms with van der Waals surface area (Å²) >= 11 is 0. The lowest BCUT2D eigenvalue weighted by molar-refractivity contribution is -0.140. The van der Waals surface area contributed by atoms with E-state index in [2.05, 4.69) is 24.1 Å². The number of piperidine rings is 1. The fraction of sp³-hybridized carbons (Fsp3) is 0.448. The minimum absolute atomic E-state index is 0.0816. The lowest BCUT2D eigenvalue weighted by Crippen LogP contribution is -2.57. The number of rotatable bonds is 9. The Labute approximate surface area is 221 Å². The van der Waals surface area contributed by atoms with Crippen molar-refractivity contribution in [2.24, 2.45) is 5.41 Å². The van der Waals surface area contributed by atoms with Crippen molar-refractivity contribution in [3.05, 3.63) is 83.8 Å². The van der Waals surface area contributed by atoms with Crippen molar-refractivity contribution in [3.8, 4) is 0 Å². The maximum absolute atomic E-state index is 14.5. The number of nitrogens with one attached hydrogen (secondary N) is 2. The molecule has 0 radical (unpaired) electrons. The van der Waals surface area contributed by atoms with Gasteiger partial charge in [0.05, 0.1) is 6.61 Å². The van der Waals surface area contributed by atoms with Crippen LogP contribution in [0.5, 0.6) is 0 Å². The van der Waals surface area contributed by atoms with Crippen molar-refractivity contribution in [1.29, 1.82) is 0 Å². The van der Waals surface area contributed by atoms with Gasteiger partial charge < -0.3 is 20.3 Å². The SMILES string of the molecule is C=CNC(Cc1cc(F)c(F)cc1F)C1(C)CC2CC[C@H](C1)N2C(=O)C(NC(=O)OCC)c1ccccc1. The van der Waals surface area contributed by atoms with Crippen LogP contribution in [-0.4, -0.2) is 41.6 Å². The van der Waals surface area contributed by atoms with Crippen molar-refractivity contribution in [1.82, 2.24) is 15.5 Å². The van der Waals surface area contributed by atoms with Gasteiger partial charge in [-0.05, 0) is 67.8 Å². The molecule has 0 aliphatic carbocycles. The first kappa shape index (κ1) is 27.5. The van der Waals surface area contributed by atoms with Crippen molar-refractivity contribution in [2.75, 3.05) is 6.61 Å². The molecule has 2 aromatic rings. The highest BCUT2D eigenvalue weighted by Crippen LogP contribution is 2.48. The molecule has 0 saturated carbocycles. The van der Waals surface area contributed by atoms with Crippen LogP contribution in [0.4, 0.5) is 18.0 Å². The third-order valence-corrected chi connectivity index (χ3v) is 7.87. The van der Waals surface area contributed by atoms with Crippen molar-refractivity contribution < 1.29 is 27.5 Å². The number of benzene rings is 2. The Kier molecular flexibility index (Phi) is 8.33. The molecule has 2 fully saturated rings. The van der Waals surface area contributed by atoms with E-state index >= 15 is 0 Å². The first-order chi connectivity index (χ1) is 18.2. The largest absolute Gasteiger partial charge is 0.450 e. The Bertz CT molecular complexity index is 1160. The summed E-state index contributed by atoms with van der Waals surface area (Å²) in [6, 6.07) is 9.15. The second-order valence-corrected chi connectivity index (χ2v) is 10.4. The van der Waals surface area contributed by atoms with Crippen molar-refractivity contribution in [2.45, 2.75) is 70.1 Å². The van der Waals surface area contributed by atoms with Crippen LogP contribution in [-0.2, 0) is 16.0 Å². The van der Waals surface area contributed by atoms with Gasteiger partial charge in [-0.3, -0.25) is 4.79 Å². The number of carbonyl (C=O) groups is 2. The van der Waals surface area contributed by atoms with Gasteiger partial charge in [0, 0.05) is 24.2 Å². The van der Waals surface area contributed by atoms with Crippen LogP contribution in [0.25, 0.3) is 0 Å². The van der Waals surface area contributed by atoms with Crippen LogP contribution in [0, 0.1) is 22.9 Å². The Balaban J connectivity index is 1.57. The number of carbonyl (C=O) groups excluding carboxylic acids is 2. The van der Waals surface area contributed by atoms with Crippen LogP contribution in [0.3, 0.4) is 0 Å². The maximum atomic E-state index is 14.5. The van der Waals surface area contributed by atoms with Crippen LogP contribution < -0.4 is 10.6 Å². The molecule has 2 heterocycles. The summed E-state index contributed by atoms with van der Waals surface area (Å²) in [6.45, 7) is 7.72. The highest BCUT2D eigenvalue weighted by Gasteiger charge is 2.52. The predicted molar refractivity (Wildman–Crippen MR) is 137 cm³/mol. The van der Waals surface area contributed by atoms with Crippen molar-refractivity contribution >= 4 is 12.0 Å². The molecule has 6 nitrogen and oxygen atoms in total. The van der Waals surface area contributed by atoms with Crippen LogP contribution in [0.2, 0.25) is 0 Å². The number of ether oxygens (including phenoxy) is 1. The molecule has 2 aromatic carbocycles. The number of alkyl carbamates (subject to hydrolysis) is 1. The second-order valence-electron chi connectivity index (χ2n) is 10.4. The summed E-state index contributed by atoms with van der Waals surface area (Å²) in [6.07, 6.45) is 3.84. The van der Waals surface area contributed by atoms with E-state index in [1.165, 1.54) is 6.20 Å². The number of amides is 2. The second kappa shape index (κ2) is 11.5. The summed E-state index contributed by atoms with van der Waals surface area (Å²) in [4.78, 5) is 28.1. The Morgan fingerprint density at radius 3 is 2.34 bits per heavy atom. The predicted octanol–water partition coefficient (Wildman–Crippen LogP) is 5.40. The van der Waals surface area contributed by atoms with E-state index in [0.717, 1.165) is 18.9 Å². The molecule has 4 rings (SSSR count). The van der Waals surface area contributed by atoms with E-state index in [-0.39, 0.29) is 48.0 Å². The molecule has 2 amide bonds. The highest BCUT2D eigenvalue weighted by molar-refractivity contribution is 5.87. The number of hydrogen-bond donors (Lipinski definition) is 2. The lowest BCUT2D eigenvalue weighted by Gasteiger charge is -2.49. The number of halogens is 3. The zero-order chi connectivity index (χ0) is 27.4. The van der Waals surface area contributed by atoms with Gasteiger partial charge >= 0.3 is 6.09 Å². The van der Waals surface area contributed by atoms with E-state index in [4.69, 9.17) is 4.74 Å². The molecule has 9 heteroatoms. The molecule has 2 aliphatic heterocycles. The van der Waals surface area contributed by atoms with E-state index in [0.29, 0.717) is 24.5 Å². The van der Waals surface area contributed by atoms with Crippen molar-refractivity contribution in [3.63, 3.8) is 0 Å². The fourth-order valence-corrected chi connectivity index (χ4v) is 6.13. The van der Waals surface area contributed by atoms with Gasteiger partial charge in [0.15, 0.2) is 11.6 Å². The smallest absolute Gasteiger partial charge is 0.408 e. The molecule has 2 N–H and O–H groups in total. The minimum atomic E-state index is -1.22. The summed E-state index contributed by atoms with van der Waals surface area (Å²) in [7, 11) is 0. The van der Waals surface area contributed by atoms with Gasteiger partial charge in [-0.25, -0.2) is 18.0 Å². The average molecular weight is 530 g/mol. The molecule has 38 heavy (non-hydrogen) atoms. The third-order valence-electron chi connectivity index (χ3n) is 7.87. The Morgan fingerprint density at radius 1 is 1.11 bits per heavy atom. The van der Waals surface area contributed by atoms with Crippen LogP contribution in [0.15, 0.2) is 55.2 Å². The average Bonchev–Trinajstić information content (AvgIpc) is 3.17. The van der Waals surface area contributed by atoms with Gasteiger partial charge in [0.25, 0.3) is 0 Å². The van der Waals surface area contributed by atoms with Crippen LogP contribution >= 0.6 is 0 Å². The van der Waals surface area contributed by atoms with Gasteiger partial charge in [-0.1, -0.05) is 43.8 Å². The first-order valence-electron chi connectivity index (χ1n) is 13.0. The quantitative estimate of drug-likeness (QED) is 0.427. The summed E-state index contributed by atoms with van der Waals surface area (Å²) < 4.78 is 47.0. The van der Waals surface area contributed by atoms with E-state index in [9.17, 15) is 22.8 Å². The first-order valence-corrected chi connectivity index (χ1v) is 13.0. The maximum Gasteiger partial charge on any atom is 0.408 e. The molecule has 0 spiro atoms. The Morgan fingerprint density at radius 2 is 1.74 bits per heavy atom. The van der Waals surface area contributed by atoms with Crippen LogP contribution in [0.1, 0.15) is 56.7 Å². The number of fused-ring (bicyclic) bond motifs is 2. The molecule has 204 valence electrons. The van der Waals surface area contributed by atoms with E-state index in [1.54, 1.807) is 19.1 Å². The zero-order valence-electron chi connectivity index (χ0n) is 21.7. The van der Waals surface area contributed by atoms with Gasteiger partial charge in [0.1, 0.15) is 11.9 Å². The highest BCUT2D eigenvalue weighted by atomic mass is 19.2. The molecule has 5 atom stereocenters. The number of hydrogen-bond acceptors (Lipinski definition) is 4. The van der Waals surface area contributed by atoms with E-state index < -0.39 is 29.6 Å². The van der Waals surface area contributed by atoms with Gasteiger partial charge in [-0.2, -0.15) is 0 Å². The van der Waals surface area contributed by atoms with Gasteiger partial charge in [-0.15, -0.1) is 0 Å². The molecule has 0 aromatic heterocycles.